The van der Waals surface area contributed by atoms with E-state index >= 15 is 0 Å². The van der Waals surface area contributed by atoms with Crippen LogP contribution in [-0.2, 0) is 17.8 Å². The van der Waals surface area contributed by atoms with Crippen molar-refractivity contribution in [3.63, 3.8) is 0 Å². The van der Waals surface area contributed by atoms with Gasteiger partial charge in [-0.1, -0.05) is 24.3 Å². The van der Waals surface area contributed by atoms with Gasteiger partial charge in [0, 0.05) is 20.2 Å². The highest BCUT2D eigenvalue weighted by Gasteiger charge is 2.28. The Labute approximate surface area is 180 Å². The first kappa shape index (κ1) is 24.3. The van der Waals surface area contributed by atoms with Gasteiger partial charge in [0.15, 0.2) is 12.6 Å². The smallest absolute Gasteiger partial charge is 0.422 e. The molecule has 0 aromatic heterocycles. The summed E-state index contributed by atoms with van der Waals surface area (Å²) in [5, 5.41) is 6.42. The summed E-state index contributed by atoms with van der Waals surface area (Å²) in [7, 11) is 1.63. The Morgan fingerprint density at radius 3 is 2.06 bits per heavy atom. The number of benzene rings is 2. The minimum Gasteiger partial charge on any atom is -0.491 e. The van der Waals surface area contributed by atoms with E-state index in [4.69, 9.17) is 14.2 Å². The van der Waals surface area contributed by atoms with Crippen LogP contribution in [0, 0.1) is 0 Å². The summed E-state index contributed by atoms with van der Waals surface area (Å²) in [6.07, 6.45) is -4.35. The number of nitrogens with zero attached hydrogens (tertiary/aromatic N) is 1. The summed E-state index contributed by atoms with van der Waals surface area (Å²) in [6.45, 7) is 3.35. The average molecular weight is 439 g/mol. The Morgan fingerprint density at radius 2 is 1.48 bits per heavy atom. The van der Waals surface area contributed by atoms with Gasteiger partial charge >= 0.3 is 6.18 Å². The number of aliphatic imine (C=N–C) groups is 1. The molecule has 0 bridgehead atoms. The highest BCUT2D eigenvalue weighted by Crippen LogP contribution is 2.19. The average Bonchev–Trinajstić information content (AvgIpc) is 2.75. The van der Waals surface area contributed by atoms with Gasteiger partial charge in [0.05, 0.1) is 13.2 Å². The molecule has 0 atom stereocenters. The Morgan fingerprint density at radius 1 is 0.871 bits per heavy atom. The van der Waals surface area contributed by atoms with Crippen LogP contribution in [0.1, 0.15) is 18.1 Å². The lowest BCUT2D eigenvalue weighted by Gasteiger charge is -2.12. The zero-order valence-electron chi connectivity index (χ0n) is 17.7. The molecule has 0 saturated heterocycles. The molecule has 0 spiro atoms. The molecular weight excluding hydrogens is 411 g/mol. The van der Waals surface area contributed by atoms with Gasteiger partial charge in [-0.3, -0.25) is 0 Å². The normalized spacial score (nSPS) is 11.8. The first-order valence-electron chi connectivity index (χ1n) is 9.91. The van der Waals surface area contributed by atoms with Gasteiger partial charge in [0.2, 0.25) is 0 Å². The van der Waals surface area contributed by atoms with Crippen LogP contribution in [0.4, 0.5) is 13.2 Å². The molecule has 0 radical (unpaired) electrons. The molecule has 0 unspecified atom stereocenters. The number of hydrogen-bond acceptors (Lipinski definition) is 4. The second-order valence-corrected chi connectivity index (χ2v) is 6.58. The Hall–Kier alpha value is -2.94. The number of halogens is 3. The van der Waals surface area contributed by atoms with Gasteiger partial charge in [-0.05, 0) is 42.3 Å². The fraction of sp³-hybridized carbons (Fsp3) is 0.409. The quantitative estimate of drug-likeness (QED) is 0.316. The van der Waals surface area contributed by atoms with E-state index in [1.54, 1.807) is 19.2 Å². The lowest BCUT2D eigenvalue weighted by molar-refractivity contribution is -0.153. The van der Waals surface area contributed by atoms with Gasteiger partial charge < -0.3 is 24.8 Å². The number of guanidine groups is 1. The zero-order chi connectivity index (χ0) is 22.5. The van der Waals surface area contributed by atoms with E-state index in [1.807, 2.05) is 31.2 Å². The van der Waals surface area contributed by atoms with Crippen molar-refractivity contribution < 1.29 is 27.4 Å². The fourth-order valence-electron chi connectivity index (χ4n) is 2.50. The summed E-state index contributed by atoms with van der Waals surface area (Å²) in [5.74, 6) is 1.59. The van der Waals surface area contributed by atoms with Crippen LogP contribution in [0.5, 0.6) is 11.5 Å². The maximum atomic E-state index is 12.2. The second kappa shape index (κ2) is 12.7. The molecule has 0 fully saturated rings. The lowest BCUT2D eigenvalue weighted by atomic mass is 10.2. The van der Waals surface area contributed by atoms with Crippen molar-refractivity contribution in [2.45, 2.75) is 26.2 Å². The minimum atomic E-state index is -4.35. The van der Waals surface area contributed by atoms with Crippen molar-refractivity contribution in [1.82, 2.24) is 10.6 Å². The van der Waals surface area contributed by atoms with E-state index in [2.05, 4.69) is 15.6 Å². The summed E-state index contributed by atoms with van der Waals surface area (Å²) in [6, 6.07) is 14.2. The Balaban J connectivity index is 1.85. The molecule has 9 heteroatoms. The van der Waals surface area contributed by atoms with E-state index in [0.29, 0.717) is 38.8 Å². The molecule has 2 aromatic carbocycles. The fourth-order valence-corrected chi connectivity index (χ4v) is 2.50. The zero-order valence-corrected chi connectivity index (χ0v) is 17.7. The predicted octanol–water partition coefficient (Wildman–Crippen LogP) is 3.91. The lowest BCUT2D eigenvalue weighted by Crippen LogP contribution is -2.36. The van der Waals surface area contributed by atoms with Gasteiger partial charge in [0.1, 0.15) is 18.1 Å². The van der Waals surface area contributed by atoms with Crippen LogP contribution in [0.25, 0.3) is 0 Å². The first-order chi connectivity index (χ1) is 14.9. The van der Waals surface area contributed by atoms with Crippen LogP contribution in [0.2, 0.25) is 0 Å². The molecule has 2 aromatic rings. The third kappa shape index (κ3) is 10.1. The SMILES string of the molecule is CCNC(=NCc1ccc(OCC(F)(F)F)cc1)NCc1ccc(OCCOC)cc1. The van der Waals surface area contributed by atoms with Gasteiger partial charge in [-0.25, -0.2) is 4.99 Å². The topological polar surface area (TPSA) is 64.1 Å². The van der Waals surface area contributed by atoms with Gasteiger partial charge in [-0.2, -0.15) is 13.2 Å². The number of ether oxygens (including phenoxy) is 3. The summed E-state index contributed by atoms with van der Waals surface area (Å²) in [5.41, 5.74) is 1.92. The summed E-state index contributed by atoms with van der Waals surface area (Å²) in [4.78, 5) is 4.52. The number of methoxy groups -OCH3 is 1. The van der Waals surface area contributed by atoms with Gasteiger partial charge in [-0.15, -0.1) is 0 Å². The molecule has 0 heterocycles. The maximum Gasteiger partial charge on any atom is 0.422 e. The number of nitrogens with one attached hydrogen (secondary N) is 2. The van der Waals surface area contributed by atoms with Crippen molar-refractivity contribution in [3.05, 3.63) is 59.7 Å². The molecule has 170 valence electrons. The molecular formula is C22H28F3N3O3. The van der Waals surface area contributed by atoms with Crippen molar-refractivity contribution in [3.8, 4) is 11.5 Å². The molecule has 31 heavy (non-hydrogen) atoms. The Bertz CT molecular complexity index is 794. The molecule has 0 saturated carbocycles. The number of hydrogen-bond donors (Lipinski definition) is 2. The molecule has 2 rings (SSSR count). The maximum absolute atomic E-state index is 12.2. The minimum absolute atomic E-state index is 0.171. The molecule has 0 aliphatic heterocycles. The van der Waals surface area contributed by atoms with Crippen molar-refractivity contribution in [2.75, 3.05) is 33.5 Å². The van der Waals surface area contributed by atoms with Crippen LogP contribution < -0.4 is 20.1 Å². The van der Waals surface area contributed by atoms with Crippen molar-refractivity contribution in [2.24, 2.45) is 4.99 Å². The molecule has 0 aliphatic rings. The third-order valence-corrected chi connectivity index (χ3v) is 4.03. The first-order valence-corrected chi connectivity index (χ1v) is 9.91. The van der Waals surface area contributed by atoms with E-state index < -0.39 is 12.8 Å². The van der Waals surface area contributed by atoms with Crippen molar-refractivity contribution in [1.29, 1.82) is 0 Å². The largest absolute Gasteiger partial charge is 0.491 e. The third-order valence-electron chi connectivity index (χ3n) is 4.03. The Kier molecular flexibility index (Phi) is 9.96. The van der Waals surface area contributed by atoms with Crippen LogP contribution in [0.15, 0.2) is 53.5 Å². The van der Waals surface area contributed by atoms with Crippen molar-refractivity contribution >= 4 is 5.96 Å². The molecule has 6 nitrogen and oxygen atoms in total. The summed E-state index contributed by atoms with van der Waals surface area (Å²) < 4.78 is 51.9. The monoisotopic (exact) mass is 439 g/mol. The number of alkyl halides is 3. The van der Waals surface area contributed by atoms with Crippen LogP contribution in [0.3, 0.4) is 0 Å². The highest BCUT2D eigenvalue weighted by molar-refractivity contribution is 5.79. The summed E-state index contributed by atoms with van der Waals surface area (Å²) >= 11 is 0. The molecule has 2 N–H and O–H groups in total. The van der Waals surface area contributed by atoms with Crippen LogP contribution >= 0.6 is 0 Å². The predicted molar refractivity (Wildman–Crippen MR) is 113 cm³/mol. The van der Waals surface area contributed by atoms with E-state index in [-0.39, 0.29) is 5.75 Å². The number of rotatable bonds is 11. The van der Waals surface area contributed by atoms with Crippen LogP contribution in [-0.4, -0.2) is 45.6 Å². The molecule has 0 amide bonds. The second-order valence-electron chi connectivity index (χ2n) is 6.58. The van der Waals surface area contributed by atoms with E-state index in [1.165, 1.54) is 12.1 Å². The van der Waals surface area contributed by atoms with Gasteiger partial charge in [0.25, 0.3) is 0 Å². The van der Waals surface area contributed by atoms with E-state index in [9.17, 15) is 13.2 Å². The molecule has 0 aliphatic carbocycles. The standard InChI is InChI=1S/C22H28F3N3O3/c1-3-26-21(27-14-17-4-8-19(9-5-17)30-13-12-29-2)28-15-18-6-10-20(11-7-18)31-16-22(23,24)25/h4-11H,3,12-16H2,1-2H3,(H2,26,27,28). The van der Waals surface area contributed by atoms with E-state index in [0.717, 1.165) is 16.9 Å². The highest BCUT2D eigenvalue weighted by atomic mass is 19.4.